The zero-order valence-electron chi connectivity index (χ0n) is 13.3. The first-order valence-electron chi connectivity index (χ1n) is 7.53. The summed E-state index contributed by atoms with van der Waals surface area (Å²) in [6.07, 6.45) is 1.53. The normalized spacial score (nSPS) is 15.6. The summed E-state index contributed by atoms with van der Waals surface area (Å²) < 4.78 is 13.2. The minimum Gasteiger partial charge on any atom is -0.507 e. The highest BCUT2D eigenvalue weighted by atomic mass is 32.2. The molecule has 1 heterocycles. The van der Waals surface area contributed by atoms with Crippen LogP contribution in [0.3, 0.4) is 0 Å². The Morgan fingerprint density at radius 1 is 1.23 bits per heavy atom. The highest BCUT2D eigenvalue weighted by Crippen LogP contribution is 2.33. The van der Waals surface area contributed by atoms with Gasteiger partial charge in [-0.3, -0.25) is 14.5 Å². The largest absolute Gasteiger partial charge is 0.507 e. The van der Waals surface area contributed by atoms with Crippen LogP contribution in [-0.4, -0.2) is 32.7 Å². The fourth-order valence-corrected chi connectivity index (χ4v) is 3.51. The zero-order valence-corrected chi connectivity index (χ0v) is 14.9. The molecule has 1 aliphatic rings. The lowest BCUT2D eigenvalue weighted by molar-refractivity contribution is -0.126. The molecule has 8 heteroatoms. The van der Waals surface area contributed by atoms with Crippen molar-refractivity contribution in [2.75, 3.05) is 11.9 Å². The Kier molecular flexibility index (Phi) is 5.34. The van der Waals surface area contributed by atoms with Crippen molar-refractivity contribution >= 4 is 51.9 Å². The first-order valence-corrected chi connectivity index (χ1v) is 8.75. The van der Waals surface area contributed by atoms with E-state index in [0.29, 0.717) is 16.2 Å². The predicted octanol–water partition coefficient (Wildman–Crippen LogP) is 3.37. The number of amides is 2. The van der Waals surface area contributed by atoms with Crippen LogP contribution in [-0.2, 0) is 9.59 Å². The molecule has 132 valence electrons. The molecule has 1 fully saturated rings. The minimum absolute atomic E-state index is 0.0480. The molecule has 1 saturated heterocycles. The number of hydrogen-bond acceptors (Lipinski definition) is 5. The number of nitrogens with zero attached hydrogens (tertiary/aromatic N) is 1. The van der Waals surface area contributed by atoms with Crippen LogP contribution < -0.4 is 5.32 Å². The quantitative estimate of drug-likeness (QED) is 0.621. The summed E-state index contributed by atoms with van der Waals surface area (Å²) in [7, 11) is 0. The van der Waals surface area contributed by atoms with E-state index < -0.39 is 17.6 Å². The van der Waals surface area contributed by atoms with Crippen LogP contribution in [0.5, 0.6) is 5.75 Å². The van der Waals surface area contributed by atoms with E-state index in [9.17, 15) is 19.1 Å². The smallest absolute Gasteiger partial charge is 0.266 e. The van der Waals surface area contributed by atoms with Crippen molar-refractivity contribution in [2.45, 2.75) is 0 Å². The molecule has 0 radical (unpaired) electrons. The summed E-state index contributed by atoms with van der Waals surface area (Å²) in [6.45, 7) is -0.250. The topological polar surface area (TPSA) is 69.6 Å². The maximum Gasteiger partial charge on any atom is 0.266 e. The van der Waals surface area contributed by atoms with Gasteiger partial charge in [0.2, 0.25) is 5.91 Å². The van der Waals surface area contributed by atoms with E-state index >= 15 is 0 Å². The molecule has 3 rings (SSSR count). The standard InChI is InChI=1S/C18H13FN2O3S2/c19-12-5-7-13(8-6-12)20-16(23)10-21-17(24)15(26-18(21)25)9-11-3-1-2-4-14(11)22/h1-9,22H,10H2,(H,20,23)/b15-9-. The number of phenolic OH excluding ortho intramolecular Hbond substituents is 1. The number of benzene rings is 2. The first-order chi connectivity index (χ1) is 12.4. The van der Waals surface area contributed by atoms with Gasteiger partial charge in [-0.25, -0.2) is 4.39 Å². The second kappa shape index (κ2) is 7.67. The molecule has 5 nitrogen and oxygen atoms in total. The van der Waals surface area contributed by atoms with Crippen LogP contribution in [0.25, 0.3) is 6.08 Å². The van der Waals surface area contributed by atoms with Crippen LogP contribution in [0, 0.1) is 5.82 Å². The first kappa shape index (κ1) is 18.1. The Labute approximate surface area is 158 Å². The fourth-order valence-electron chi connectivity index (χ4n) is 2.26. The molecular weight excluding hydrogens is 375 g/mol. The van der Waals surface area contributed by atoms with Gasteiger partial charge in [0.25, 0.3) is 5.91 Å². The number of thioether (sulfide) groups is 1. The number of rotatable bonds is 4. The Balaban J connectivity index is 1.70. The number of halogens is 1. The zero-order chi connectivity index (χ0) is 18.7. The van der Waals surface area contributed by atoms with Gasteiger partial charge < -0.3 is 10.4 Å². The monoisotopic (exact) mass is 388 g/mol. The van der Waals surface area contributed by atoms with Gasteiger partial charge in [-0.05, 0) is 36.4 Å². The molecule has 0 spiro atoms. The molecule has 2 aromatic carbocycles. The van der Waals surface area contributed by atoms with Crippen LogP contribution in [0.4, 0.5) is 10.1 Å². The predicted molar refractivity (Wildman–Crippen MR) is 103 cm³/mol. The number of anilines is 1. The molecule has 0 aliphatic carbocycles. The van der Waals surface area contributed by atoms with Gasteiger partial charge in [-0.1, -0.05) is 42.2 Å². The van der Waals surface area contributed by atoms with E-state index in [2.05, 4.69) is 5.32 Å². The molecule has 0 saturated carbocycles. The van der Waals surface area contributed by atoms with Crippen molar-refractivity contribution < 1.29 is 19.1 Å². The highest BCUT2D eigenvalue weighted by Gasteiger charge is 2.33. The Morgan fingerprint density at radius 2 is 1.92 bits per heavy atom. The van der Waals surface area contributed by atoms with Gasteiger partial charge in [-0.15, -0.1) is 0 Å². The third kappa shape index (κ3) is 4.09. The van der Waals surface area contributed by atoms with Crippen molar-refractivity contribution in [2.24, 2.45) is 0 Å². The van der Waals surface area contributed by atoms with Crippen molar-refractivity contribution in [3.8, 4) is 5.75 Å². The molecular formula is C18H13FN2O3S2. The SMILES string of the molecule is O=C(CN1C(=O)/C(=C/c2ccccc2O)SC1=S)Nc1ccc(F)cc1. The lowest BCUT2D eigenvalue weighted by Crippen LogP contribution is -2.36. The van der Waals surface area contributed by atoms with Crippen molar-refractivity contribution in [3.63, 3.8) is 0 Å². The van der Waals surface area contributed by atoms with E-state index in [-0.39, 0.29) is 16.6 Å². The maximum atomic E-state index is 12.9. The van der Waals surface area contributed by atoms with Crippen molar-refractivity contribution in [1.29, 1.82) is 0 Å². The summed E-state index contributed by atoms with van der Waals surface area (Å²) in [5, 5.41) is 12.4. The van der Waals surface area contributed by atoms with Gasteiger partial charge in [0, 0.05) is 11.3 Å². The van der Waals surface area contributed by atoms with Crippen LogP contribution >= 0.6 is 24.0 Å². The number of thiocarbonyl (C=S) groups is 1. The average molecular weight is 388 g/mol. The number of hydrogen-bond donors (Lipinski definition) is 2. The van der Waals surface area contributed by atoms with Gasteiger partial charge in [-0.2, -0.15) is 0 Å². The van der Waals surface area contributed by atoms with E-state index in [1.54, 1.807) is 18.2 Å². The minimum atomic E-state index is -0.447. The van der Waals surface area contributed by atoms with Crippen LogP contribution in [0.1, 0.15) is 5.56 Å². The Hall–Kier alpha value is -2.71. The van der Waals surface area contributed by atoms with Gasteiger partial charge in [0.15, 0.2) is 0 Å². The number of nitrogens with one attached hydrogen (secondary N) is 1. The maximum absolute atomic E-state index is 12.9. The number of aromatic hydroxyl groups is 1. The number of phenols is 1. The Morgan fingerprint density at radius 3 is 2.62 bits per heavy atom. The lowest BCUT2D eigenvalue weighted by Gasteiger charge is -2.14. The lowest BCUT2D eigenvalue weighted by atomic mass is 10.2. The molecule has 0 bridgehead atoms. The molecule has 2 amide bonds. The second-order valence-corrected chi connectivity index (χ2v) is 7.06. The third-order valence-electron chi connectivity index (χ3n) is 3.53. The molecule has 0 aromatic heterocycles. The number of carbonyl (C=O) groups is 2. The molecule has 0 unspecified atom stereocenters. The molecule has 2 aromatic rings. The second-order valence-electron chi connectivity index (χ2n) is 5.38. The van der Waals surface area contributed by atoms with E-state index in [1.807, 2.05) is 0 Å². The summed E-state index contributed by atoms with van der Waals surface area (Å²) in [4.78, 5) is 26.1. The summed E-state index contributed by atoms with van der Waals surface area (Å²) >= 11 is 6.24. The number of carbonyl (C=O) groups excluding carboxylic acids is 2. The average Bonchev–Trinajstić information content (AvgIpc) is 2.86. The molecule has 2 N–H and O–H groups in total. The Bertz CT molecular complexity index is 913. The fraction of sp³-hybridized carbons (Fsp3) is 0.0556. The number of para-hydroxylation sites is 1. The highest BCUT2D eigenvalue weighted by molar-refractivity contribution is 8.26. The summed E-state index contributed by atoms with van der Waals surface area (Å²) in [6, 6.07) is 11.9. The van der Waals surface area contributed by atoms with Gasteiger partial charge in [0.1, 0.15) is 22.4 Å². The van der Waals surface area contributed by atoms with Crippen LogP contribution in [0.15, 0.2) is 53.4 Å². The summed E-state index contributed by atoms with van der Waals surface area (Å²) in [5.74, 6) is -1.21. The van der Waals surface area contributed by atoms with Crippen molar-refractivity contribution in [3.05, 3.63) is 64.8 Å². The van der Waals surface area contributed by atoms with Gasteiger partial charge >= 0.3 is 0 Å². The van der Waals surface area contributed by atoms with Crippen molar-refractivity contribution in [1.82, 2.24) is 4.90 Å². The van der Waals surface area contributed by atoms with Gasteiger partial charge in [0.05, 0.1) is 4.91 Å². The van der Waals surface area contributed by atoms with E-state index in [0.717, 1.165) is 11.8 Å². The molecule has 26 heavy (non-hydrogen) atoms. The van der Waals surface area contributed by atoms with E-state index in [1.165, 1.54) is 41.3 Å². The summed E-state index contributed by atoms with van der Waals surface area (Å²) in [5.41, 5.74) is 0.912. The molecule has 1 aliphatic heterocycles. The van der Waals surface area contributed by atoms with Crippen LogP contribution in [0.2, 0.25) is 0 Å². The van der Waals surface area contributed by atoms with E-state index in [4.69, 9.17) is 12.2 Å². The third-order valence-corrected chi connectivity index (χ3v) is 4.90. The molecule has 0 atom stereocenters.